The van der Waals surface area contributed by atoms with E-state index < -0.39 is 0 Å². The Morgan fingerprint density at radius 1 is 1.33 bits per heavy atom. The Morgan fingerprint density at radius 2 is 2.00 bits per heavy atom. The fourth-order valence-corrected chi connectivity index (χ4v) is 3.22. The van der Waals surface area contributed by atoms with Crippen LogP contribution in [-0.4, -0.2) is 28.1 Å². The summed E-state index contributed by atoms with van der Waals surface area (Å²) < 4.78 is 1.75. The van der Waals surface area contributed by atoms with Crippen LogP contribution in [0.5, 0.6) is 0 Å². The second-order valence-electron chi connectivity index (χ2n) is 5.21. The molecule has 21 heavy (non-hydrogen) atoms. The highest BCUT2D eigenvalue weighted by molar-refractivity contribution is 9.10. The van der Waals surface area contributed by atoms with Crippen molar-refractivity contribution in [2.75, 3.05) is 7.05 Å². The number of benzene rings is 1. The molecule has 1 N–H and O–H groups in total. The van der Waals surface area contributed by atoms with E-state index in [4.69, 9.17) is 0 Å². The molecule has 2 rings (SSSR count). The molecular weight excluding hydrogens is 398 g/mol. The predicted octanol–water partition coefficient (Wildman–Crippen LogP) is 4.33. The molecule has 0 spiro atoms. The van der Waals surface area contributed by atoms with Gasteiger partial charge < -0.3 is 4.90 Å². The quantitative estimate of drug-likeness (QED) is 0.809. The number of carbonyl (C=O) groups excluding carboxylic acids is 1. The number of hydrogen-bond acceptors (Lipinski definition) is 2. The molecule has 0 aliphatic heterocycles. The first kappa shape index (κ1) is 16.2. The zero-order chi connectivity index (χ0) is 15.6. The third-order valence-corrected chi connectivity index (χ3v) is 4.80. The number of nitrogens with zero attached hydrogens (tertiary/aromatic N) is 2. The molecule has 6 heteroatoms. The number of halogens is 2. The maximum atomic E-state index is 12.5. The Morgan fingerprint density at radius 3 is 2.57 bits per heavy atom. The Bertz CT molecular complexity index is 652. The third kappa shape index (κ3) is 3.55. The third-order valence-electron chi connectivity index (χ3n) is 3.22. The molecule has 0 aliphatic rings. The first-order valence-electron chi connectivity index (χ1n) is 6.64. The van der Waals surface area contributed by atoms with E-state index >= 15 is 0 Å². The molecule has 2 aromatic rings. The molecule has 1 aromatic carbocycles. The van der Waals surface area contributed by atoms with Gasteiger partial charge in [0.2, 0.25) is 0 Å². The SMILES string of the molecule is CC(C)c1[nH]nc(C(=O)N(C)Cc2ccccc2Br)c1Br. The van der Waals surface area contributed by atoms with Gasteiger partial charge in [0, 0.05) is 18.1 Å². The molecule has 0 radical (unpaired) electrons. The minimum Gasteiger partial charge on any atom is -0.336 e. The van der Waals surface area contributed by atoms with Crippen LogP contribution >= 0.6 is 31.9 Å². The monoisotopic (exact) mass is 413 g/mol. The summed E-state index contributed by atoms with van der Waals surface area (Å²) in [6.07, 6.45) is 0. The van der Waals surface area contributed by atoms with Crippen LogP contribution in [0.2, 0.25) is 0 Å². The van der Waals surface area contributed by atoms with Gasteiger partial charge in [-0.1, -0.05) is 48.0 Å². The molecule has 0 unspecified atom stereocenters. The highest BCUT2D eigenvalue weighted by Crippen LogP contribution is 2.27. The molecule has 0 bridgehead atoms. The number of amides is 1. The summed E-state index contributed by atoms with van der Waals surface area (Å²) in [5, 5.41) is 7.08. The van der Waals surface area contributed by atoms with Gasteiger partial charge in [0.15, 0.2) is 5.69 Å². The van der Waals surface area contributed by atoms with Crippen LogP contribution in [0, 0.1) is 0 Å². The van der Waals surface area contributed by atoms with Crippen LogP contribution in [0.3, 0.4) is 0 Å². The van der Waals surface area contributed by atoms with Gasteiger partial charge in [-0.05, 0) is 33.5 Å². The highest BCUT2D eigenvalue weighted by Gasteiger charge is 2.22. The Hall–Kier alpha value is -1.14. The Labute approximate surface area is 141 Å². The Kier molecular flexibility index (Phi) is 5.22. The number of H-pyrrole nitrogens is 1. The van der Waals surface area contributed by atoms with E-state index in [1.54, 1.807) is 11.9 Å². The largest absolute Gasteiger partial charge is 0.336 e. The smallest absolute Gasteiger partial charge is 0.275 e. The van der Waals surface area contributed by atoms with Gasteiger partial charge >= 0.3 is 0 Å². The first-order valence-corrected chi connectivity index (χ1v) is 8.23. The van der Waals surface area contributed by atoms with E-state index in [1.165, 1.54) is 0 Å². The summed E-state index contributed by atoms with van der Waals surface area (Å²) in [5.74, 6) is 0.169. The van der Waals surface area contributed by atoms with Gasteiger partial charge in [0.05, 0.1) is 10.2 Å². The second kappa shape index (κ2) is 6.75. The van der Waals surface area contributed by atoms with Crippen molar-refractivity contribution in [1.29, 1.82) is 0 Å². The molecule has 0 aliphatic carbocycles. The fourth-order valence-electron chi connectivity index (χ4n) is 2.00. The van der Waals surface area contributed by atoms with Crippen molar-refractivity contribution in [3.05, 3.63) is 50.2 Å². The van der Waals surface area contributed by atoms with Crippen molar-refractivity contribution in [2.24, 2.45) is 0 Å². The van der Waals surface area contributed by atoms with Crippen molar-refractivity contribution < 1.29 is 4.79 Å². The number of aromatic amines is 1. The molecule has 0 atom stereocenters. The molecule has 1 amide bonds. The summed E-state index contributed by atoms with van der Waals surface area (Å²) in [7, 11) is 1.78. The normalized spacial score (nSPS) is 11.0. The van der Waals surface area contributed by atoms with Gasteiger partial charge in [-0.15, -0.1) is 0 Å². The molecule has 0 saturated heterocycles. The van der Waals surface area contributed by atoms with Gasteiger partial charge in [-0.2, -0.15) is 5.10 Å². The topological polar surface area (TPSA) is 49.0 Å². The average molecular weight is 415 g/mol. The maximum absolute atomic E-state index is 12.5. The van der Waals surface area contributed by atoms with Crippen molar-refractivity contribution >= 4 is 37.8 Å². The lowest BCUT2D eigenvalue weighted by molar-refractivity contribution is 0.0778. The van der Waals surface area contributed by atoms with Crippen molar-refractivity contribution in [3.8, 4) is 0 Å². The molecule has 1 heterocycles. The highest BCUT2D eigenvalue weighted by atomic mass is 79.9. The number of carbonyl (C=O) groups is 1. The van der Waals surface area contributed by atoms with Crippen LogP contribution in [0.25, 0.3) is 0 Å². The molecular formula is C15H17Br2N3O. The zero-order valence-electron chi connectivity index (χ0n) is 12.2. The lowest BCUT2D eigenvalue weighted by Crippen LogP contribution is -2.27. The van der Waals surface area contributed by atoms with E-state index in [-0.39, 0.29) is 11.8 Å². The van der Waals surface area contributed by atoms with Gasteiger partial charge in [0.1, 0.15) is 0 Å². The van der Waals surface area contributed by atoms with E-state index in [9.17, 15) is 4.79 Å². The molecule has 0 fully saturated rings. The molecule has 4 nitrogen and oxygen atoms in total. The van der Waals surface area contributed by atoms with Gasteiger partial charge in [-0.3, -0.25) is 9.89 Å². The summed E-state index contributed by atoms with van der Waals surface area (Å²) in [6, 6.07) is 7.87. The van der Waals surface area contributed by atoms with Crippen LogP contribution in [-0.2, 0) is 6.54 Å². The standard InChI is InChI=1S/C15H17Br2N3O/c1-9(2)13-12(17)14(19-18-13)15(21)20(3)8-10-6-4-5-7-11(10)16/h4-7,9H,8H2,1-3H3,(H,18,19). The Balaban J connectivity index is 2.18. The van der Waals surface area contributed by atoms with Crippen molar-refractivity contribution in [3.63, 3.8) is 0 Å². The summed E-state index contributed by atoms with van der Waals surface area (Å²) in [5.41, 5.74) is 2.42. The van der Waals surface area contributed by atoms with Gasteiger partial charge in [0.25, 0.3) is 5.91 Å². The number of nitrogens with one attached hydrogen (secondary N) is 1. The van der Waals surface area contributed by atoms with E-state index in [0.717, 1.165) is 20.2 Å². The van der Waals surface area contributed by atoms with E-state index in [2.05, 4.69) is 55.9 Å². The summed E-state index contributed by atoms with van der Waals surface area (Å²) >= 11 is 6.97. The summed E-state index contributed by atoms with van der Waals surface area (Å²) in [6.45, 7) is 4.63. The predicted molar refractivity (Wildman–Crippen MR) is 90.3 cm³/mol. The van der Waals surface area contributed by atoms with Crippen molar-refractivity contribution in [1.82, 2.24) is 15.1 Å². The average Bonchev–Trinajstić information content (AvgIpc) is 2.82. The lowest BCUT2D eigenvalue weighted by Gasteiger charge is -2.17. The fraction of sp³-hybridized carbons (Fsp3) is 0.333. The van der Waals surface area contributed by atoms with E-state index in [0.29, 0.717) is 12.2 Å². The maximum Gasteiger partial charge on any atom is 0.275 e. The number of rotatable bonds is 4. The van der Waals surface area contributed by atoms with Crippen LogP contribution < -0.4 is 0 Å². The lowest BCUT2D eigenvalue weighted by atomic mass is 10.1. The minimum atomic E-state index is -0.110. The number of aromatic nitrogens is 2. The van der Waals surface area contributed by atoms with Crippen LogP contribution in [0.15, 0.2) is 33.2 Å². The van der Waals surface area contributed by atoms with E-state index in [1.807, 2.05) is 24.3 Å². The number of hydrogen-bond donors (Lipinski definition) is 1. The molecule has 1 aromatic heterocycles. The second-order valence-corrected chi connectivity index (χ2v) is 6.85. The van der Waals surface area contributed by atoms with Gasteiger partial charge in [-0.25, -0.2) is 0 Å². The first-order chi connectivity index (χ1) is 9.91. The molecule has 0 saturated carbocycles. The van der Waals surface area contributed by atoms with Crippen molar-refractivity contribution in [2.45, 2.75) is 26.3 Å². The zero-order valence-corrected chi connectivity index (χ0v) is 15.3. The summed E-state index contributed by atoms with van der Waals surface area (Å²) in [4.78, 5) is 14.2. The van der Waals surface area contributed by atoms with Crippen LogP contribution in [0.1, 0.15) is 41.5 Å². The van der Waals surface area contributed by atoms with Crippen LogP contribution in [0.4, 0.5) is 0 Å². The minimum absolute atomic E-state index is 0.110. The molecule has 112 valence electrons.